The van der Waals surface area contributed by atoms with Crippen LogP contribution in [-0.4, -0.2) is 68.6 Å². The molecule has 10 heteroatoms. The van der Waals surface area contributed by atoms with Gasteiger partial charge in [0.25, 0.3) is 0 Å². The number of carbonyl (C=O) groups excluding carboxylic acids is 1. The van der Waals surface area contributed by atoms with Crippen LogP contribution in [0.3, 0.4) is 0 Å². The van der Waals surface area contributed by atoms with E-state index in [1.807, 2.05) is 0 Å². The summed E-state index contributed by atoms with van der Waals surface area (Å²) in [6.07, 6.45) is 15.6. The van der Waals surface area contributed by atoms with Crippen molar-refractivity contribution in [1.29, 1.82) is 0 Å². The Morgan fingerprint density at radius 3 is 2.47 bits per heavy atom. The molecular weight excluding hydrogens is 641 g/mol. The van der Waals surface area contributed by atoms with Crippen molar-refractivity contribution >= 4 is 13.7 Å². The van der Waals surface area contributed by atoms with E-state index in [0.717, 1.165) is 54.8 Å². The number of hydrogen-bond donors (Lipinski definition) is 2. The monoisotopic (exact) mass is 710 g/mol. The van der Waals surface area contributed by atoms with Crippen LogP contribution in [0.4, 0.5) is 4.79 Å². The lowest BCUT2D eigenvalue weighted by Gasteiger charge is -2.58. The van der Waals surface area contributed by atoms with Gasteiger partial charge in [-0.1, -0.05) is 79.4 Å². The lowest BCUT2D eigenvalue weighted by atomic mass is 9.47. The standard InChI is InChI=1S/C39H70NO8P/c1-27(2)10-8-11-29(5)34-14-15-35-33-13-12-30-24-32(16-18-38(30,6)36(33)17-19-39(34,35)7)48-37(42)40-20-9-21-45-22-23-46-25-31(41)26-47-49(43,44)28(3)4/h12,27-29,31-36,41H,8-11,13-26H2,1-7H3,(H,40,42)(H,43,44)/p-1. The van der Waals surface area contributed by atoms with Gasteiger partial charge in [-0.05, 0) is 97.7 Å². The molecule has 2 N–H and O–H groups in total. The van der Waals surface area contributed by atoms with Crippen molar-refractivity contribution in [3.05, 3.63) is 11.6 Å². The van der Waals surface area contributed by atoms with Gasteiger partial charge in [0, 0.05) is 25.2 Å². The Kier molecular flexibility index (Phi) is 15.1. The number of hydrogen-bond acceptors (Lipinski definition) is 8. The summed E-state index contributed by atoms with van der Waals surface area (Å²) < 4.78 is 33.3. The van der Waals surface area contributed by atoms with Gasteiger partial charge in [0.15, 0.2) is 0 Å². The van der Waals surface area contributed by atoms with Crippen LogP contribution in [-0.2, 0) is 23.3 Å². The summed E-state index contributed by atoms with van der Waals surface area (Å²) in [5, 5.41) is 12.7. The fourth-order valence-electron chi connectivity index (χ4n) is 10.1. The van der Waals surface area contributed by atoms with Crippen molar-refractivity contribution in [2.75, 3.05) is 39.6 Å². The van der Waals surface area contributed by atoms with Gasteiger partial charge in [0.2, 0.25) is 0 Å². The summed E-state index contributed by atoms with van der Waals surface area (Å²) in [5.74, 6) is 4.93. The highest BCUT2D eigenvalue weighted by atomic mass is 31.2. The van der Waals surface area contributed by atoms with Gasteiger partial charge >= 0.3 is 6.09 Å². The SMILES string of the molecule is CC(C)CCCC(C)C1CCC2C3CC=C4CC(OC(=O)NCCCOCCOCC(O)COP(=O)([O-])C(C)C)CCC4(C)C3CCC12C. The van der Waals surface area contributed by atoms with Gasteiger partial charge in [-0.15, -0.1) is 0 Å². The number of alkyl carbamates (subject to hydrolysis) is 1. The van der Waals surface area contributed by atoms with E-state index in [2.05, 4.69) is 46.0 Å². The molecule has 0 radical (unpaired) electrons. The first-order valence-corrected chi connectivity index (χ1v) is 21.2. The molecule has 284 valence electrons. The first kappa shape index (κ1) is 40.8. The predicted octanol–water partition coefficient (Wildman–Crippen LogP) is 7.89. The zero-order valence-electron chi connectivity index (χ0n) is 31.8. The molecule has 0 aromatic rings. The number of ether oxygens (including phenoxy) is 3. The first-order valence-electron chi connectivity index (χ1n) is 19.6. The zero-order chi connectivity index (χ0) is 35.8. The maximum Gasteiger partial charge on any atom is 0.407 e. The normalized spacial score (nSPS) is 33.6. The van der Waals surface area contributed by atoms with Crippen molar-refractivity contribution in [1.82, 2.24) is 5.32 Å². The Bertz CT molecular complexity index is 1130. The minimum atomic E-state index is -3.96. The highest BCUT2D eigenvalue weighted by Crippen LogP contribution is 2.67. The summed E-state index contributed by atoms with van der Waals surface area (Å²) in [5.41, 5.74) is 1.64. The lowest BCUT2D eigenvalue weighted by molar-refractivity contribution is -0.203. The molecule has 0 bridgehead atoms. The molecular formula is C39H69NO8P-. The smallest absolute Gasteiger partial charge is 0.407 e. The summed E-state index contributed by atoms with van der Waals surface area (Å²) in [7, 11) is -3.96. The van der Waals surface area contributed by atoms with Crippen LogP contribution in [0.5, 0.6) is 0 Å². The largest absolute Gasteiger partial charge is 0.778 e. The lowest BCUT2D eigenvalue weighted by Crippen LogP contribution is -2.51. The number of nitrogens with one attached hydrogen (secondary N) is 1. The third-order valence-corrected chi connectivity index (χ3v) is 14.8. The van der Waals surface area contributed by atoms with Crippen LogP contribution in [0.1, 0.15) is 126 Å². The molecule has 3 fully saturated rings. The first-order chi connectivity index (χ1) is 23.2. The molecule has 9 nitrogen and oxygen atoms in total. The quantitative estimate of drug-likeness (QED) is 0.0788. The van der Waals surface area contributed by atoms with E-state index in [1.165, 1.54) is 70.8 Å². The van der Waals surface area contributed by atoms with Crippen molar-refractivity contribution in [3.63, 3.8) is 0 Å². The summed E-state index contributed by atoms with van der Waals surface area (Å²) in [6, 6.07) is 0. The van der Waals surface area contributed by atoms with Gasteiger partial charge < -0.3 is 38.6 Å². The summed E-state index contributed by atoms with van der Waals surface area (Å²) in [6.45, 7) is 16.7. The van der Waals surface area contributed by atoms with E-state index in [1.54, 1.807) is 0 Å². The molecule has 4 aliphatic rings. The molecule has 4 aliphatic carbocycles. The maximum absolute atomic E-state index is 12.6. The topological polar surface area (TPSA) is 126 Å². The number of carbonyl (C=O) groups is 1. The molecule has 0 aromatic heterocycles. The number of rotatable bonds is 19. The van der Waals surface area contributed by atoms with Crippen LogP contribution >= 0.6 is 7.60 Å². The Morgan fingerprint density at radius 1 is 0.980 bits per heavy atom. The third kappa shape index (κ3) is 10.6. The van der Waals surface area contributed by atoms with Crippen molar-refractivity contribution in [3.8, 4) is 0 Å². The average Bonchev–Trinajstić information content (AvgIpc) is 3.40. The van der Waals surface area contributed by atoms with Crippen LogP contribution < -0.4 is 10.2 Å². The molecule has 0 heterocycles. The number of amides is 1. The summed E-state index contributed by atoms with van der Waals surface area (Å²) in [4.78, 5) is 24.3. The Balaban J connectivity index is 1.11. The molecule has 10 unspecified atom stereocenters. The van der Waals surface area contributed by atoms with Gasteiger partial charge in [-0.3, -0.25) is 0 Å². The van der Waals surface area contributed by atoms with Crippen LogP contribution in [0.15, 0.2) is 11.6 Å². The number of aliphatic hydroxyl groups is 1. The van der Waals surface area contributed by atoms with Gasteiger partial charge in [0.1, 0.15) is 19.8 Å². The van der Waals surface area contributed by atoms with Crippen molar-refractivity contribution in [2.45, 2.75) is 143 Å². The van der Waals surface area contributed by atoms with Gasteiger partial charge in [-0.2, -0.15) is 0 Å². The van der Waals surface area contributed by atoms with Crippen molar-refractivity contribution < 1.29 is 38.1 Å². The maximum atomic E-state index is 12.6. The predicted molar refractivity (Wildman–Crippen MR) is 192 cm³/mol. The Labute approximate surface area is 297 Å². The number of fused-ring (bicyclic) bond motifs is 5. The molecule has 0 aliphatic heterocycles. The molecule has 0 aromatic carbocycles. The van der Waals surface area contributed by atoms with Gasteiger partial charge in [0.05, 0.1) is 26.4 Å². The second kappa shape index (κ2) is 18.2. The second-order valence-electron chi connectivity index (χ2n) is 17.1. The van der Waals surface area contributed by atoms with E-state index in [0.29, 0.717) is 31.6 Å². The highest BCUT2D eigenvalue weighted by Gasteiger charge is 2.59. The van der Waals surface area contributed by atoms with Crippen molar-refractivity contribution in [2.24, 2.45) is 46.3 Å². The minimum Gasteiger partial charge on any atom is -0.778 e. The van der Waals surface area contributed by atoms with E-state index < -0.39 is 19.4 Å². The minimum absolute atomic E-state index is 0.0359. The fraction of sp³-hybridized carbons (Fsp3) is 0.923. The van der Waals surface area contributed by atoms with Crippen LogP contribution in [0.2, 0.25) is 0 Å². The number of aliphatic hydroxyl groups excluding tert-OH is 1. The van der Waals surface area contributed by atoms with Crippen LogP contribution in [0.25, 0.3) is 0 Å². The molecule has 0 saturated heterocycles. The highest BCUT2D eigenvalue weighted by molar-refractivity contribution is 7.52. The third-order valence-electron chi connectivity index (χ3n) is 13.0. The molecule has 10 atom stereocenters. The van der Waals surface area contributed by atoms with E-state index in [-0.39, 0.29) is 37.4 Å². The number of allylic oxidation sites excluding steroid dienone is 1. The Morgan fingerprint density at radius 2 is 1.73 bits per heavy atom. The summed E-state index contributed by atoms with van der Waals surface area (Å²) >= 11 is 0. The zero-order valence-corrected chi connectivity index (χ0v) is 32.6. The van der Waals surface area contributed by atoms with Crippen LogP contribution in [0, 0.1) is 46.3 Å². The Hall–Kier alpha value is -0.960. The molecule has 4 rings (SSSR count). The molecule has 1 amide bonds. The van der Waals surface area contributed by atoms with E-state index in [9.17, 15) is 19.4 Å². The molecule has 0 spiro atoms. The van der Waals surface area contributed by atoms with E-state index in [4.69, 9.17) is 18.7 Å². The van der Waals surface area contributed by atoms with Gasteiger partial charge in [-0.25, -0.2) is 4.79 Å². The fourth-order valence-corrected chi connectivity index (χ4v) is 10.8. The second-order valence-corrected chi connectivity index (χ2v) is 19.5. The van der Waals surface area contributed by atoms with E-state index >= 15 is 0 Å². The average molecular weight is 711 g/mol. The molecule has 3 saturated carbocycles. The molecule has 49 heavy (non-hydrogen) atoms.